The van der Waals surface area contributed by atoms with Crippen LogP contribution in [0.5, 0.6) is 0 Å². The van der Waals surface area contributed by atoms with Crippen LogP contribution in [0.15, 0.2) is 89.9 Å². The zero-order valence-corrected chi connectivity index (χ0v) is 20.5. The lowest BCUT2D eigenvalue weighted by atomic mass is 9.96. The van der Waals surface area contributed by atoms with Crippen molar-refractivity contribution in [1.29, 1.82) is 0 Å². The number of carbonyl (C=O) groups is 2. The highest BCUT2D eigenvalue weighted by molar-refractivity contribution is 7.98. The summed E-state index contributed by atoms with van der Waals surface area (Å²) in [5, 5.41) is 15.2. The van der Waals surface area contributed by atoms with Gasteiger partial charge in [-0.25, -0.2) is 0 Å². The summed E-state index contributed by atoms with van der Waals surface area (Å²) in [4.78, 5) is 25.4. The summed E-state index contributed by atoms with van der Waals surface area (Å²) in [6.07, 6.45) is 0.880. The van der Waals surface area contributed by atoms with Crippen LogP contribution in [0.2, 0.25) is 0 Å². The first-order chi connectivity index (χ1) is 17.7. The Bertz CT molecular complexity index is 1360. The summed E-state index contributed by atoms with van der Waals surface area (Å²) in [5.41, 5.74) is 2.86. The maximum Gasteiger partial charge on any atom is 0.416 e. The van der Waals surface area contributed by atoms with Crippen molar-refractivity contribution in [1.82, 2.24) is 0 Å². The van der Waals surface area contributed by atoms with Crippen LogP contribution >= 0.6 is 11.8 Å². The number of alkyl halides is 3. The molecule has 0 aromatic heterocycles. The van der Waals surface area contributed by atoms with Crippen molar-refractivity contribution in [2.75, 3.05) is 16.9 Å². The maximum absolute atomic E-state index is 13.0. The van der Waals surface area contributed by atoms with Crippen LogP contribution in [0.1, 0.15) is 22.3 Å². The Labute approximate surface area is 216 Å². The number of fused-ring (bicyclic) bond motifs is 1. The molecule has 0 bridgehead atoms. The highest BCUT2D eigenvalue weighted by Gasteiger charge is 2.30. The molecule has 3 aromatic carbocycles. The quantitative estimate of drug-likeness (QED) is 0.213. The second kappa shape index (κ2) is 11.1. The summed E-state index contributed by atoms with van der Waals surface area (Å²) in [6.45, 7) is 0. The minimum Gasteiger partial charge on any atom is -0.383 e. The molecule has 5 nitrogen and oxygen atoms in total. The van der Waals surface area contributed by atoms with Gasteiger partial charge in [-0.05, 0) is 59.4 Å². The molecule has 1 aliphatic rings. The number of benzene rings is 3. The molecule has 9 heteroatoms. The van der Waals surface area contributed by atoms with Gasteiger partial charge < -0.3 is 15.7 Å². The van der Waals surface area contributed by atoms with Crippen LogP contribution in [0.4, 0.5) is 24.5 Å². The molecule has 0 saturated carbocycles. The van der Waals surface area contributed by atoms with Crippen molar-refractivity contribution in [2.45, 2.75) is 23.6 Å². The van der Waals surface area contributed by atoms with Gasteiger partial charge in [-0.1, -0.05) is 42.5 Å². The number of aliphatic hydroxyl groups is 1. The standard InChI is InChI=1S/C28H23F3N2O3S/c1-37-20-14-10-18(11-15-20)21(17-8-12-19(13-9-17)28(29,30)31)4-2-7-26(35)32-23-5-3-6-24-22(23)16-25(34)27(36)33-24/h2-15,25,34H,16H2,1H3,(H,32,35)(H,33,36)/b7-2+,21-4-. The molecule has 3 N–H and O–H groups in total. The van der Waals surface area contributed by atoms with E-state index in [0.29, 0.717) is 28.1 Å². The Morgan fingerprint density at radius 1 is 1.05 bits per heavy atom. The second-order valence-corrected chi connectivity index (χ2v) is 9.15. The number of hydrogen-bond acceptors (Lipinski definition) is 4. The van der Waals surface area contributed by atoms with Crippen LogP contribution in [0.25, 0.3) is 5.57 Å². The average Bonchev–Trinajstić information content (AvgIpc) is 2.87. The first-order valence-corrected chi connectivity index (χ1v) is 12.5. The molecule has 190 valence electrons. The van der Waals surface area contributed by atoms with Gasteiger partial charge in [0.15, 0.2) is 0 Å². The van der Waals surface area contributed by atoms with Gasteiger partial charge in [0.05, 0.1) is 5.56 Å². The van der Waals surface area contributed by atoms with Gasteiger partial charge in [0.25, 0.3) is 5.91 Å². The third kappa shape index (κ3) is 6.31. The van der Waals surface area contributed by atoms with Crippen LogP contribution in [-0.2, 0) is 22.2 Å². The third-order valence-corrected chi connectivity index (χ3v) is 6.57. The molecule has 1 heterocycles. The molecule has 0 fully saturated rings. The molecule has 37 heavy (non-hydrogen) atoms. The molecule has 1 atom stereocenters. The number of nitrogens with one attached hydrogen (secondary N) is 2. The van der Waals surface area contributed by atoms with Gasteiger partial charge >= 0.3 is 6.18 Å². The first kappa shape index (κ1) is 26.2. The predicted molar refractivity (Wildman–Crippen MR) is 139 cm³/mol. The smallest absolute Gasteiger partial charge is 0.383 e. The minimum absolute atomic E-state index is 0.0747. The molecule has 3 aromatic rings. The number of aliphatic hydroxyl groups excluding tert-OH is 1. The predicted octanol–water partition coefficient (Wildman–Crippen LogP) is 5.91. The number of amides is 2. The molecule has 0 radical (unpaired) electrons. The van der Waals surface area contributed by atoms with Crippen LogP contribution in [0, 0.1) is 0 Å². The summed E-state index contributed by atoms with van der Waals surface area (Å²) in [5.74, 6) is -0.942. The number of thioether (sulfide) groups is 1. The Hall–Kier alpha value is -3.82. The highest BCUT2D eigenvalue weighted by atomic mass is 32.2. The number of halogens is 3. The average molecular weight is 525 g/mol. The summed E-state index contributed by atoms with van der Waals surface area (Å²) >= 11 is 1.57. The number of rotatable bonds is 6. The van der Waals surface area contributed by atoms with E-state index in [2.05, 4.69) is 10.6 Å². The van der Waals surface area contributed by atoms with E-state index in [4.69, 9.17) is 0 Å². The number of allylic oxidation sites excluding steroid dienone is 2. The van der Waals surface area contributed by atoms with E-state index in [1.807, 2.05) is 30.5 Å². The van der Waals surface area contributed by atoms with E-state index >= 15 is 0 Å². The van der Waals surface area contributed by atoms with E-state index in [9.17, 15) is 27.9 Å². The fourth-order valence-electron chi connectivity index (χ4n) is 3.92. The largest absolute Gasteiger partial charge is 0.416 e. The zero-order valence-electron chi connectivity index (χ0n) is 19.7. The molecular weight excluding hydrogens is 501 g/mol. The second-order valence-electron chi connectivity index (χ2n) is 8.27. The van der Waals surface area contributed by atoms with Gasteiger partial charge in [0.2, 0.25) is 5.91 Å². The van der Waals surface area contributed by atoms with E-state index in [-0.39, 0.29) is 6.42 Å². The molecule has 0 saturated heterocycles. The Morgan fingerprint density at radius 3 is 2.32 bits per heavy atom. The summed E-state index contributed by atoms with van der Waals surface area (Å²) < 4.78 is 39.1. The van der Waals surface area contributed by atoms with Crippen molar-refractivity contribution in [3.63, 3.8) is 0 Å². The van der Waals surface area contributed by atoms with Crippen LogP contribution in [0.3, 0.4) is 0 Å². The number of anilines is 2. The Kier molecular flexibility index (Phi) is 7.85. The van der Waals surface area contributed by atoms with Crippen molar-refractivity contribution < 1.29 is 27.9 Å². The topological polar surface area (TPSA) is 78.4 Å². The Morgan fingerprint density at radius 2 is 1.70 bits per heavy atom. The lowest BCUT2D eigenvalue weighted by Gasteiger charge is -2.23. The monoisotopic (exact) mass is 524 g/mol. The maximum atomic E-state index is 13.0. The third-order valence-electron chi connectivity index (χ3n) is 5.83. The van der Waals surface area contributed by atoms with E-state index in [1.54, 1.807) is 36.0 Å². The first-order valence-electron chi connectivity index (χ1n) is 11.3. The molecule has 1 unspecified atom stereocenters. The Balaban J connectivity index is 1.59. The van der Waals surface area contributed by atoms with Gasteiger partial charge in [-0.15, -0.1) is 11.8 Å². The summed E-state index contributed by atoms with van der Waals surface area (Å²) in [7, 11) is 0. The van der Waals surface area contributed by atoms with Crippen molar-refractivity contribution in [3.8, 4) is 0 Å². The van der Waals surface area contributed by atoms with Gasteiger partial charge in [-0.3, -0.25) is 9.59 Å². The van der Waals surface area contributed by atoms with Crippen LogP contribution in [-0.4, -0.2) is 29.3 Å². The van der Waals surface area contributed by atoms with Gasteiger partial charge in [0.1, 0.15) is 6.10 Å². The van der Waals surface area contributed by atoms with Crippen LogP contribution < -0.4 is 10.6 Å². The molecular formula is C28H23F3N2O3S. The van der Waals surface area contributed by atoms with Crippen molar-refractivity contribution in [2.24, 2.45) is 0 Å². The van der Waals surface area contributed by atoms with Crippen molar-refractivity contribution in [3.05, 3.63) is 107 Å². The number of hydrogen-bond donors (Lipinski definition) is 3. The molecule has 0 aliphatic carbocycles. The van der Waals surface area contributed by atoms with E-state index < -0.39 is 29.7 Å². The molecule has 1 aliphatic heterocycles. The van der Waals surface area contributed by atoms with Gasteiger partial charge in [-0.2, -0.15) is 13.2 Å². The number of carbonyl (C=O) groups excluding carboxylic acids is 2. The SMILES string of the molecule is CSc1ccc(/C(=C\C=C\C(=O)Nc2cccc3c2CC(O)C(=O)N3)c2ccc(C(F)(F)F)cc2)cc1. The van der Waals surface area contributed by atoms with Gasteiger partial charge in [0, 0.05) is 34.3 Å². The molecule has 0 spiro atoms. The minimum atomic E-state index is -4.43. The van der Waals surface area contributed by atoms with Crippen molar-refractivity contribution >= 4 is 40.5 Å². The highest BCUT2D eigenvalue weighted by Crippen LogP contribution is 2.32. The fourth-order valence-corrected chi connectivity index (χ4v) is 4.33. The van der Waals surface area contributed by atoms with E-state index in [1.165, 1.54) is 24.3 Å². The lowest BCUT2D eigenvalue weighted by molar-refractivity contribution is -0.137. The molecule has 4 rings (SSSR count). The van der Waals surface area contributed by atoms with E-state index in [0.717, 1.165) is 22.6 Å². The zero-order chi connectivity index (χ0) is 26.6. The fraction of sp³-hybridized carbons (Fsp3) is 0.143. The lowest BCUT2D eigenvalue weighted by Crippen LogP contribution is -2.34. The molecule has 2 amide bonds. The normalized spacial score (nSPS) is 15.9. The summed E-state index contributed by atoms with van der Waals surface area (Å²) in [6, 6.07) is 17.5.